The van der Waals surface area contributed by atoms with Crippen molar-refractivity contribution in [2.75, 3.05) is 19.6 Å². The van der Waals surface area contributed by atoms with Crippen molar-refractivity contribution in [1.29, 1.82) is 0 Å². The highest BCUT2D eigenvalue weighted by atomic mass is 15.1. The van der Waals surface area contributed by atoms with E-state index in [9.17, 15) is 0 Å². The molecule has 17 heavy (non-hydrogen) atoms. The van der Waals surface area contributed by atoms with Gasteiger partial charge in [-0.1, -0.05) is 25.1 Å². The minimum absolute atomic E-state index is 1.08. The fourth-order valence-electron chi connectivity index (χ4n) is 2.64. The lowest BCUT2D eigenvalue weighted by Crippen LogP contribution is -2.29. The summed E-state index contributed by atoms with van der Waals surface area (Å²) in [5, 5.41) is 1.34. The smallest absolute Gasteiger partial charge is 0.0460 e. The average molecular weight is 226 g/mol. The summed E-state index contributed by atoms with van der Waals surface area (Å²) >= 11 is 0. The van der Waals surface area contributed by atoms with E-state index in [1.807, 2.05) is 6.20 Å². The fourth-order valence-corrected chi connectivity index (χ4v) is 2.64. The molecule has 3 rings (SSSR count). The Balaban J connectivity index is 2.03. The fraction of sp³-hybridized carbons (Fsp3) is 0.333. The highest BCUT2D eigenvalue weighted by molar-refractivity contribution is 5.92. The van der Waals surface area contributed by atoms with E-state index in [2.05, 4.69) is 47.1 Å². The van der Waals surface area contributed by atoms with Gasteiger partial charge in [-0.3, -0.25) is 4.90 Å². The summed E-state index contributed by atoms with van der Waals surface area (Å²) in [6.45, 7) is 5.66. The van der Waals surface area contributed by atoms with Gasteiger partial charge in [-0.05, 0) is 36.2 Å². The van der Waals surface area contributed by atoms with Crippen molar-refractivity contribution in [3.8, 4) is 0 Å². The standard InChI is InChI=1S/C15H18N2/c1-2-17-10-4-5-12(11-17)13-6-3-7-15-14(13)8-9-16-15/h3,5-9,16H,2,4,10-11H2,1H3. The first kappa shape index (κ1) is 10.6. The zero-order valence-corrected chi connectivity index (χ0v) is 10.2. The number of benzene rings is 1. The molecule has 0 fully saturated rings. The van der Waals surface area contributed by atoms with E-state index in [-0.39, 0.29) is 0 Å². The predicted octanol–water partition coefficient (Wildman–Crippen LogP) is 3.28. The Hall–Kier alpha value is -1.54. The first-order chi connectivity index (χ1) is 8.38. The second-order valence-electron chi connectivity index (χ2n) is 4.63. The Morgan fingerprint density at radius 2 is 2.24 bits per heavy atom. The molecule has 0 saturated heterocycles. The van der Waals surface area contributed by atoms with Crippen molar-refractivity contribution in [3.05, 3.63) is 42.1 Å². The minimum atomic E-state index is 1.08. The molecule has 1 N–H and O–H groups in total. The van der Waals surface area contributed by atoms with Crippen molar-refractivity contribution < 1.29 is 0 Å². The summed E-state index contributed by atoms with van der Waals surface area (Å²) in [6, 6.07) is 8.69. The Morgan fingerprint density at radius 1 is 1.29 bits per heavy atom. The molecule has 1 aromatic carbocycles. The van der Waals surface area contributed by atoms with Crippen LogP contribution in [0.1, 0.15) is 18.9 Å². The maximum Gasteiger partial charge on any atom is 0.0460 e. The van der Waals surface area contributed by atoms with Crippen LogP contribution in [0.25, 0.3) is 16.5 Å². The number of hydrogen-bond acceptors (Lipinski definition) is 1. The molecule has 2 heteroatoms. The maximum atomic E-state index is 3.28. The number of nitrogens with zero attached hydrogens (tertiary/aromatic N) is 1. The van der Waals surface area contributed by atoms with Gasteiger partial charge in [0.05, 0.1) is 0 Å². The summed E-state index contributed by atoms with van der Waals surface area (Å²) in [5.74, 6) is 0. The van der Waals surface area contributed by atoms with Crippen LogP contribution in [0.15, 0.2) is 36.5 Å². The minimum Gasteiger partial charge on any atom is -0.361 e. The average Bonchev–Trinajstić information content (AvgIpc) is 2.87. The third kappa shape index (κ3) is 1.89. The summed E-state index contributed by atoms with van der Waals surface area (Å²) in [6.07, 6.45) is 5.59. The summed E-state index contributed by atoms with van der Waals surface area (Å²) in [5.41, 5.74) is 4.10. The van der Waals surface area contributed by atoms with Gasteiger partial charge < -0.3 is 4.98 Å². The van der Waals surface area contributed by atoms with Gasteiger partial charge in [-0.15, -0.1) is 0 Å². The molecule has 0 atom stereocenters. The highest BCUT2D eigenvalue weighted by Gasteiger charge is 2.14. The van der Waals surface area contributed by atoms with E-state index in [1.165, 1.54) is 35.0 Å². The van der Waals surface area contributed by atoms with E-state index < -0.39 is 0 Å². The predicted molar refractivity (Wildman–Crippen MR) is 73.0 cm³/mol. The van der Waals surface area contributed by atoms with Gasteiger partial charge in [0.25, 0.3) is 0 Å². The van der Waals surface area contributed by atoms with Gasteiger partial charge in [0.2, 0.25) is 0 Å². The number of likely N-dealkylation sites (N-methyl/N-ethyl adjacent to an activating group) is 1. The first-order valence-corrected chi connectivity index (χ1v) is 6.36. The Kier molecular flexibility index (Phi) is 2.73. The quantitative estimate of drug-likeness (QED) is 0.832. The zero-order chi connectivity index (χ0) is 11.7. The van der Waals surface area contributed by atoms with Crippen molar-refractivity contribution >= 4 is 16.5 Å². The topological polar surface area (TPSA) is 19.0 Å². The molecule has 0 aliphatic carbocycles. The molecule has 88 valence electrons. The molecule has 1 aliphatic rings. The van der Waals surface area contributed by atoms with Crippen molar-refractivity contribution in [2.45, 2.75) is 13.3 Å². The van der Waals surface area contributed by atoms with E-state index in [4.69, 9.17) is 0 Å². The SMILES string of the molecule is CCN1CCC=C(c2cccc3[nH]ccc23)C1. The Labute approximate surface area is 102 Å². The highest BCUT2D eigenvalue weighted by Crippen LogP contribution is 2.27. The lowest BCUT2D eigenvalue weighted by molar-refractivity contribution is 0.321. The second-order valence-corrected chi connectivity index (χ2v) is 4.63. The molecule has 0 unspecified atom stereocenters. The summed E-state index contributed by atoms with van der Waals surface area (Å²) < 4.78 is 0. The van der Waals surface area contributed by atoms with Crippen LogP contribution >= 0.6 is 0 Å². The van der Waals surface area contributed by atoms with Gasteiger partial charge in [0, 0.05) is 30.2 Å². The summed E-state index contributed by atoms with van der Waals surface area (Å²) in [7, 11) is 0. The third-order valence-electron chi connectivity index (χ3n) is 3.62. The third-order valence-corrected chi connectivity index (χ3v) is 3.62. The Morgan fingerprint density at radius 3 is 3.12 bits per heavy atom. The van der Waals surface area contributed by atoms with E-state index in [1.54, 1.807) is 0 Å². The van der Waals surface area contributed by atoms with Crippen LogP contribution < -0.4 is 0 Å². The van der Waals surface area contributed by atoms with Crippen LogP contribution in [0.3, 0.4) is 0 Å². The number of H-pyrrole nitrogens is 1. The van der Waals surface area contributed by atoms with Crippen LogP contribution in [0.4, 0.5) is 0 Å². The van der Waals surface area contributed by atoms with E-state index >= 15 is 0 Å². The maximum absolute atomic E-state index is 3.28. The van der Waals surface area contributed by atoms with Crippen LogP contribution in [0.5, 0.6) is 0 Å². The van der Waals surface area contributed by atoms with Gasteiger partial charge in [0.15, 0.2) is 0 Å². The van der Waals surface area contributed by atoms with Crippen molar-refractivity contribution in [1.82, 2.24) is 9.88 Å². The molecule has 0 amide bonds. The number of hydrogen-bond donors (Lipinski definition) is 1. The molecule has 2 aromatic rings. The molecule has 2 nitrogen and oxygen atoms in total. The zero-order valence-electron chi connectivity index (χ0n) is 10.2. The largest absolute Gasteiger partial charge is 0.361 e. The van der Waals surface area contributed by atoms with E-state index in [0.717, 1.165) is 13.1 Å². The molecule has 0 spiro atoms. The monoisotopic (exact) mass is 226 g/mol. The van der Waals surface area contributed by atoms with Crippen LogP contribution in [0, 0.1) is 0 Å². The van der Waals surface area contributed by atoms with E-state index in [0.29, 0.717) is 0 Å². The molecule has 0 saturated carbocycles. The molecule has 1 aliphatic heterocycles. The Bertz CT molecular complexity index is 551. The van der Waals surface area contributed by atoms with Gasteiger partial charge in [-0.25, -0.2) is 0 Å². The lowest BCUT2D eigenvalue weighted by atomic mass is 9.98. The van der Waals surface area contributed by atoms with Crippen LogP contribution in [-0.4, -0.2) is 29.5 Å². The number of nitrogens with one attached hydrogen (secondary N) is 1. The number of rotatable bonds is 2. The van der Waals surface area contributed by atoms with Crippen molar-refractivity contribution in [2.24, 2.45) is 0 Å². The van der Waals surface area contributed by atoms with Gasteiger partial charge in [0.1, 0.15) is 0 Å². The van der Waals surface area contributed by atoms with Crippen LogP contribution in [-0.2, 0) is 0 Å². The molecule has 0 radical (unpaired) electrons. The molecule has 1 aromatic heterocycles. The summed E-state index contributed by atoms with van der Waals surface area (Å²) in [4.78, 5) is 5.78. The van der Waals surface area contributed by atoms with Crippen molar-refractivity contribution in [3.63, 3.8) is 0 Å². The molecule has 0 bridgehead atoms. The van der Waals surface area contributed by atoms with Gasteiger partial charge >= 0.3 is 0 Å². The number of aromatic nitrogens is 1. The van der Waals surface area contributed by atoms with Crippen LogP contribution in [0.2, 0.25) is 0 Å². The second kappa shape index (κ2) is 4.38. The van der Waals surface area contributed by atoms with Gasteiger partial charge in [-0.2, -0.15) is 0 Å². The first-order valence-electron chi connectivity index (χ1n) is 6.36. The lowest BCUT2D eigenvalue weighted by Gasteiger charge is -2.26. The normalized spacial score (nSPS) is 17.4. The molecular weight excluding hydrogens is 208 g/mol. The molecular formula is C15H18N2. The molecule has 2 heterocycles. The number of fused-ring (bicyclic) bond motifs is 1. The number of aromatic amines is 1.